The number of fused-ring (bicyclic) bond motifs is 2. The topological polar surface area (TPSA) is 70.1 Å². The second-order valence-electron chi connectivity index (χ2n) is 8.70. The molecule has 1 unspecified atom stereocenters. The molecule has 2 aromatic carbocycles. The van der Waals surface area contributed by atoms with Gasteiger partial charge in [-0.25, -0.2) is 13.1 Å². The number of benzene rings is 2. The number of para-hydroxylation sites is 1. The van der Waals surface area contributed by atoms with Gasteiger partial charge in [0.15, 0.2) is 0 Å². The van der Waals surface area contributed by atoms with Gasteiger partial charge in [-0.05, 0) is 54.1 Å². The van der Waals surface area contributed by atoms with Crippen LogP contribution in [0.15, 0.2) is 65.8 Å². The lowest BCUT2D eigenvalue weighted by atomic mass is 10.0. The zero-order valence-corrected chi connectivity index (χ0v) is 18.7. The lowest BCUT2D eigenvalue weighted by Gasteiger charge is -2.28. The molecule has 5 rings (SSSR count). The Balaban J connectivity index is 1.47. The van der Waals surface area contributed by atoms with Crippen LogP contribution >= 0.6 is 0 Å². The molecule has 7 heteroatoms. The van der Waals surface area contributed by atoms with Gasteiger partial charge in [-0.1, -0.05) is 31.2 Å². The Labute approximate surface area is 182 Å². The zero-order chi connectivity index (χ0) is 21.6. The van der Waals surface area contributed by atoms with Crippen molar-refractivity contribution >= 4 is 31.8 Å². The van der Waals surface area contributed by atoms with E-state index >= 15 is 0 Å². The van der Waals surface area contributed by atoms with Crippen LogP contribution in [0.2, 0.25) is 0 Å². The quantitative estimate of drug-likeness (QED) is 0.480. The SMILES string of the molecule is C[C@@H]1CCN(C(CNS(=O)(=O)c2ccc3cc[nH]c3c2)c2cn(C)c3ccccc23)C1. The largest absolute Gasteiger partial charge is 0.361 e. The number of aryl methyl sites for hydroxylation is 1. The molecule has 2 N–H and O–H groups in total. The van der Waals surface area contributed by atoms with Crippen molar-refractivity contribution in [1.29, 1.82) is 0 Å². The highest BCUT2D eigenvalue weighted by Gasteiger charge is 2.30. The number of hydrogen-bond donors (Lipinski definition) is 2. The highest BCUT2D eigenvalue weighted by molar-refractivity contribution is 7.89. The number of likely N-dealkylation sites (tertiary alicyclic amines) is 1. The molecule has 0 aliphatic carbocycles. The fraction of sp³-hybridized carbons (Fsp3) is 0.333. The van der Waals surface area contributed by atoms with Gasteiger partial charge >= 0.3 is 0 Å². The van der Waals surface area contributed by atoms with Gasteiger partial charge in [0.05, 0.1) is 10.9 Å². The number of nitrogens with one attached hydrogen (secondary N) is 2. The molecule has 0 radical (unpaired) electrons. The summed E-state index contributed by atoms with van der Waals surface area (Å²) < 4.78 is 31.3. The molecule has 6 nitrogen and oxygen atoms in total. The van der Waals surface area contributed by atoms with Crippen molar-refractivity contribution in [3.63, 3.8) is 0 Å². The fourth-order valence-corrected chi connectivity index (χ4v) is 5.86. The third-order valence-corrected chi connectivity index (χ3v) is 7.91. The zero-order valence-electron chi connectivity index (χ0n) is 17.9. The van der Waals surface area contributed by atoms with E-state index in [0.29, 0.717) is 12.5 Å². The van der Waals surface area contributed by atoms with Crippen LogP contribution in [0.1, 0.15) is 24.9 Å². The Morgan fingerprint density at radius 2 is 2.03 bits per heavy atom. The molecule has 1 fully saturated rings. The number of aromatic nitrogens is 2. The molecule has 2 aromatic heterocycles. The van der Waals surface area contributed by atoms with Crippen molar-refractivity contribution < 1.29 is 8.42 Å². The third kappa shape index (κ3) is 3.78. The van der Waals surface area contributed by atoms with E-state index in [1.807, 2.05) is 37.5 Å². The number of hydrogen-bond acceptors (Lipinski definition) is 3. The summed E-state index contributed by atoms with van der Waals surface area (Å²) in [4.78, 5) is 5.80. The first-order valence-electron chi connectivity index (χ1n) is 10.8. The normalized spacial score (nSPS) is 18.8. The van der Waals surface area contributed by atoms with E-state index in [4.69, 9.17) is 0 Å². The number of sulfonamides is 1. The Kier molecular flexibility index (Phi) is 5.12. The van der Waals surface area contributed by atoms with Gasteiger partial charge in [0.1, 0.15) is 0 Å². The van der Waals surface area contributed by atoms with Crippen LogP contribution in [-0.2, 0) is 17.1 Å². The molecule has 0 amide bonds. The monoisotopic (exact) mass is 436 g/mol. The lowest BCUT2D eigenvalue weighted by molar-refractivity contribution is 0.240. The summed E-state index contributed by atoms with van der Waals surface area (Å²) in [6, 6.07) is 15.5. The van der Waals surface area contributed by atoms with E-state index in [1.54, 1.807) is 12.1 Å². The first-order valence-corrected chi connectivity index (χ1v) is 12.3. The maximum absolute atomic E-state index is 13.1. The van der Waals surface area contributed by atoms with Gasteiger partial charge in [0, 0.05) is 49.0 Å². The summed E-state index contributed by atoms with van der Waals surface area (Å²) in [6.07, 6.45) is 5.11. The summed E-state index contributed by atoms with van der Waals surface area (Å²) in [6.45, 7) is 4.55. The number of aromatic amines is 1. The summed E-state index contributed by atoms with van der Waals surface area (Å²) >= 11 is 0. The molecule has 0 spiro atoms. The maximum atomic E-state index is 13.1. The predicted octanol–water partition coefficient (Wildman–Crippen LogP) is 4.02. The first-order chi connectivity index (χ1) is 14.9. The van der Waals surface area contributed by atoms with Crippen molar-refractivity contribution in [3.05, 3.63) is 66.5 Å². The molecular weight excluding hydrogens is 408 g/mol. The van der Waals surface area contributed by atoms with Gasteiger partial charge < -0.3 is 9.55 Å². The Morgan fingerprint density at radius 3 is 2.84 bits per heavy atom. The van der Waals surface area contributed by atoms with Crippen LogP contribution in [0.5, 0.6) is 0 Å². The molecule has 162 valence electrons. The average molecular weight is 437 g/mol. The van der Waals surface area contributed by atoms with E-state index < -0.39 is 10.0 Å². The number of rotatable bonds is 6. The molecule has 4 aromatic rings. The molecule has 0 bridgehead atoms. The van der Waals surface area contributed by atoms with Crippen molar-refractivity contribution in [2.24, 2.45) is 13.0 Å². The van der Waals surface area contributed by atoms with Gasteiger partial charge in [-0.15, -0.1) is 0 Å². The minimum absolute atomic E-state index is 0.0138. The fourth-order valence-electron chi connectivity index (χ4n) is 4.79. The van der Waals surface area contributed by atoms with Crippen LogP contribution in [0, 0.1) is 5.92 Å². The standard InChI is InChI=1S/C24H28N4O2S/c1-17-10-12-28(15-17)24(21-16-27(2)23-6-4-3-5-20(21)23)14-26-31(29,30)19-8-7-18-9-11-25-22(18)13-19/h3-9,11,13,16-17,24-26H,10,12,14-15H2,1-2H3/t17-,24?/m1/s1. The molecule has 1 aliphatic rings. The summed E-state index contributed by atoms with van der Waals surface area (Å²) in [5, 5.41) is 2.18. The van der Waals surface area contributed by atoms with Gasteiger partial charge in [-0.2, -0.15) is 0 Å². The van der Waals surface area contributed by atoms with Crippen LogP contribution in [0.25, 0.3) is 21.8 Å². The van der Waals surface area contributed by atoms with Crippen molar-refractivity contribution in [2.45, 2.75) is 24.3 Å². The average Bonchev–Trinajstić information content (AvgIpc) is 3.48. The van der Waals surface area contributed by atoms with Gasteiger partial charge in [-0.3, -0.25) is 4.90 Å². The molecule has 3 heterocycles. The van der Waals surface area contributed by atoms with E-state index in [0.717, 1.165) is 35.9 Å². The lowest BCUT2D eigenvalue weighted by Crippen LogP contribution is -2.37. The van der Waals surface area contributed by atoms with Gasteiger partial charge in [0.2, 0.25) is 10.0 Å². The van der Waals surface area contributed by atoms with E-state index in [-0.39, 0.29) is 10.9 Å². The second-order valence-corrected chi connectivity index (χ2v) is 10.5. The van der Waals surface area contributed by atoms with Crippen molar-refractivity contribution in [1.82, 2.24) is 19.2 Å². The summed E-state index contributed by atoms with van der Waals surface area (Å²) in [5.74, 6) is 0.615. The molecular formula is C24H28N4O2S. The Bertz CT molecular complexity index is 1340. The predicted molar refractivity (Wildman–Crippen MR) is 125 cm³/mol. The second kappa shape index (κ2) is 7.82. The summed E-state index contributed by atoms with van der Waals surface area (Å²) in [7, 11) is -1.58. The van der Waals surface area contributed by atoms with Crippen LogP contribution in [0.4, 0.5) is 0 Å². The summed E-state index contributed by atoms with van der Waals surface area (Å²) in [5.41, 5.74) is 3.16. The number of H-pyrrole nitrogens is 1. The number of nitrogens with zero attached hydrogens (tertiary/aromatic N) is 2. The van der Waals surface area contributed by atoms with E-state index in [1.165, 1.54) is 10.9 Å². The van der Waals surface area contributed by atoms with Gasteiger partial charge in [0.25, 0.3) is 0 Å². The highest BCUT2D eigenvalue weighted by atomic mass is 32.2. The molecule has 0 saturated carbocycles. The molecule has 31 heavy (non-hydrogen) atoms. The molecule has 1 aliphatic heterocycles. The minimum atomic E-state index is -3.63. The first kappa shape index (κ1) is 20.3. The Morgan fingerprint density at radius 1 is 1.19 bits per heavy atom. The minimum Gasteiger partial charge on any atom is -0.361 e. The smallest absolute Gasteiger partial charge is 0.240 e. The maximum Gasteiger partial charge on any atom is 0.240 e. The van der Waals surface area contributed by atoms with E-state index in [9.17, 15) is 8.42 Å². The van der Waals surface area contributed by atoms with Crippen LogP contribution in [0.3, 0.4) is 0 Å². The van der Waals surface area contributed by atoms with Crippen molar-refractivity contribution in [3.8, 4) is 0 Å². The van der Waals surface area contributed by atoms with Crippen molar-refractivity contribution in [2.75, 3.05) is 19.6 Å². The van der Waals surface area contributed by atoms with Crippen LogP contribution < -0.4 is 4.72 Å². The Hall–Kier alpha value is -2.61. The third-order valence-electron chi connectivity index (χ3n) is 6.49. The molecule has 2 atom stereocenters. The van der Waals surface area contributed by atoms with E-state index in [2.05, 4.69) is 44.4 Å². The highest BCUT2D eigenvalue weighted by Crippen LogP contribution is 2.33. The van der Waals surface area contributed by atoms with Crippen LogP contribution in [-0.4, -0.2) is 42.5 Å². The molecule has 1 saturated heterocycles.